The van der Waals surface area contributed by atoms with Crippen LogP contribution >= 0.6 is 11.6 Å². The molecule has 0 spiro atoms. The van der Waals surface area contributed by atoms with Gasteiger partial charge in [-0.1, -0.05) is 44.5 Å². The molecule has 1 aromatic carbocycles. The van der Waals surface area contributed by atoms with E-state index >= 15 is 0 Å². The minimum atomic E-state index is -0.861. The third-order valence-corrected chi connectivity index (χ3v) is 4.28. The average Bonchev–Trinajstić information content (AvgIpc) is 2.89. The second kappa shape index (κ2) is 7.93. The maximum atomic E-state index is 11.1. The van der Waals surface area contributed by atoms with E-state index in [1.165, 1.54) is 11.9 Å². The van der Waals surface area contributed by atoms with Crippen molar-refractivity contribution in [2.45, 2.75) is 45.8 Å². The summed E-state index contributed by atoms with van der Waals surface area (Å²) in [6.07, 6.45) is 4.57. The molecular formula is C16H23ClN3NaO. The number of rotatable bonds is 5. The van der Waals surface area contributed by atoms with Crippen LogP contribution < -0.4 is 0 Å². The van der Waals surface area contributed by atoms with E-state index in [1.54, 1.807) is 11.0 Å². The average molecular weight is 332 g/mol. The molecule has 0 aliphatic carbocycles. The molecule has 0 saturated carbocycles. The first-order valence-corrected chi connectivity index (χ1v) is 7.47. The van der Waals surface area contributed by atoms with E-state index in [2.05, 4.69) is 10.1 Å². The third-order valence-electron chi connectivity index (χ3n) is 4.03. The number of nitrogens with zero attached hydrogens (tertiary/aromatic N) is 3. The summed E-state index contributed by atoms with van der Waals surface area (Å²) in [7, 11) is 0. The summed E-state index contributed by atoms with van der Waals surface area (Å²) in [5.41, 5.74) is 0.0479. The zero-order valence-electron chi connectivity index (χ0n) is 12.8. The van der Waals surface area contributed by atoms with Gasteiger partial charge in [0.25, 0.3) is 0 Å². The zero-order chi connectivity index (χ0) is 15.5. The molecule has 2 rings (SSSR count). The third kappa shape index (κ3) is 5.07. The molecule has 4 nitrogen and oxygen atoms in total. The quantitative estimate of drug-likeness (QED) is 0.857. The summed E-state index contributed by atoms with van der Waals surface area (Å²) in [5.74, 6) is 0. The number of aromatic nitrogens is 3. The van der Waals surface area contributed by atoms with Crippen LogP contribution in [0, 0.1) is 5.41 Å². The molecule has 1 N–H and O–H groups in total. The zero-order valence-corrected chi connectivity index (χ0v) is 13.5. The molecular weight excluding hydrogens is 309 g/mol. The Morgan fingerprint density at radius 1 is 1.18 bits per heavy atom. The maximum absolute atomic E-state index is 11.1. The fraction of sp³-hybridized carbons (Fsp3) is 0.500. The van der Waals surface area contributed by atoms with E-state index in [0.29, 0.717) is 13.0 Å². The summed E-state index contributed by atoms with van der Waals surface area (Å²) < 4.78 is 1.69. The number of hydrogen-bond acceptors (Lipinski definition) is 3. The van der Waals surface area contributed by atoms with Gasteiger partial charge in [0.05, 0.1) is 12.1 Å². The molecule has 0 radical (unpaired) electrons. The summed E-state index contributed by atoms with van der Waals surface area (Å²) in [4.78, 5) is 3.94. The van der Waals surface area contributed by atoms with E-state index < -0.39 is 5.60 Å². The minimum absolute atomic E-state index is 0. The Hall–Kier alpha value is -0.390. The number of aryl methyl sites for hydroxylation is 1. The predicted molar refractivity (Wildman–Crippen MR) is 91.3 cm³/mol. The van der Waals surface area contributed by atoms with Gasteiger partial charge in [-0.15, -0.1) is 0 Å². The van der Waals surface area contributed by atoms with Gasteiger partial charge in [-0.3, -0.25) is 4.68 Å². The van der Waals surface area contributed by atoms with Crippen molar-refractivity contribution in [1.82, 2.24) is 14.8 Å². The van der Waals surface area contributed by atoms with Crippen molar-refractivity contribution >= 4 is 41.2 Å². The first kappa shape index (κ1) is 19.7. The fourth-order valence-electron chi connectivity index (χ4n) is 2.28. The Labute approximate surface area is 159 Å². The molecule has 6 heteroatoms. The SMILES string of the molecule is CC(C)(C)C(O)(CCc1ccc(Cl)cc1)Cn1cncn1.[NaH]. The molecule has 1 aromatic heterocycles. The van der Waals surface area contributed by atoms with E-state index in [0.717, 1.165) is 11.4 Å². The van der Waals surface area contributed by atoms with Gasteiger partial charge < -0.3 is 5.11 Å². The van der Waals surface area contributed by atoms with Gasteiger partial charge in [-0.25, -0.2) is 4.98 Å². The van der Waals surface area contributed by atoms with Gasteiger partial charge in [0.2, 0.25) is 0 Å². The van der Waals surface area contributed by atoms with Crippen LogP contribution in [0.1, 0.15) is 32.8 Å². The van der Waals surface area contributed by atoms with Crippen LogP contribution in [-0.4, -0.2) is 55.0 Å². The first-order chi connectivity index (χ1) is 9.80. The monoisotopic (exact) mass is 331 g/mol. The van der Waals surface area contributed by atoms with Gasteiger partial charge >= 0.3 is 29.6 Å². The standard InChI is InChI=1S/C16H22ClN3O.Na.H/c1-15(2,3)16(21,10-20-12-18-11-19-20)9-8-13-4-6-14(17)7-5-13;;/h4-7,11-12,21H,8-10H2,1-3H3;;. The Morgan fingerprint density at radius 2 is 1.82 bits per heavy atom. The fourth-order valence-corrected chi connectivity index (χ4v) is 2.40. The number of aliphatic hydroxyl groups is 1. The molecule has 1 atom stereocenters. The van der Waals surface area contributed by atoms with Gasteiger partial charge in [0, 0.05) is 5.02 Å². The number of hydrogen-bond donors (Lipinski definition) is 1. The summed E-state index contributed by atoms with van der Waals surface area (Å²) >= 11 is 5.90. The second-order valence-electron chi connectivity index (χ2n) is 6.50. The summed E-state index contributed by atoms with van der Waals surface area (Å²) in [6, 6.07) is 7.76. The molecule has 22 heavy (non-hydrogen) atoms. The van der Waals surface area contributed by atoms with Gasteiger partial charge in [0.1, 0.15) is 12.7 Å². The normalized spacial score (nSPS) is 14.2. The van der Waals surface area contributed by atoms with Crippen LogP contribution in [0.2, 0.25) is 5.02 Å². The van der Waals surface area contributed by atoms with Crippen LogP contribution in [0.5, 0.6) is 0 Å². The summed E-state index contributed by atoms with van der Waals surface area (Å²) in [6.45, 7) is 6.58. The van der Waals surface area contributed by atoms with Gasteiger partial charge in [0.15, 0.2) is 0 Å². The van der Waals surface area contributed by atoms with Crippen molar-refractivity contribution in [1.29, 1.82) is 0 Å². The first-order valence-electron chi connectivity index (χ1n) is 7.09. The van der Waals surface area contributed by atoms with Crippen LogP contribution in [0.15, 0.2) is 36.9 Å². The Balaban J connectivity index is 0.00000242. The summed E-state index contributed by atoms with van der Waals surface area (Å²) in [5, 5.41) is 16.0. The van der Waals surface area contributed by atoms with Crippen molar-refractivity contribution in [3.05, 3.63) is 47.5 Å². The number of halogens is 1. The van der Waals surface area contributed by atoms with Gasteiger partial charge in [-0.2, -0.15) is 5.10 Å². The molecule has 0 saturated heterocycles. The van der Waals surface area contributed by atoms with Crippen molar-refractivity contribution in [3.8, 4) is 0 Å². The van der Waals surface area contributed by atoms with Crippen molar-refractivity contribution in [2.24, 2.45) is 5.41 Å². The van der Waals surface area contributed by atoms with Crippen molar-refractivity contribution in [2.75, 3.05) is 0 Å². The predicted octanol–water partition coefficient (Wildman–Crippen LogP) is 2.69. The molecule has 2 aromatic rings. The van der Waals surface area contributed by atoms with Crippen molar-refractivity contribution < 1.29 is 5.11 Å². The van der Waals surface area contributed by atoms with Crippen LogP contribution in [-0.2, 0) is 13.0 Å². The van der Waals surface area contributed by atoms with Gasteiger partial charge in [-0.05, 0) is 36.0 Å². The Morgan fingerprint density at radius 3 is 2.32 bits per heavy atom. The molecule has 0 bridgehead atoms. The molecule has 1 unspecified atom stereocenters. The topological polar surface area (TPSA) is 50.9 Å². The molecule has 0 fully saturated rings. The molecule has 0 amide bonds. The molecule has 116 valence electrons. The van der Waals surface area contributed by atoms with E-state index in [9.17, 15) is 5.11 Å². The number of benzene rings is 1. The van der Waals surface area contributed by atoms with E-state index in [-0.39, 0.29) is 35.0 Å². The molecule has 0 aliphatic heterocycles. The van der Waals surface area contributed by atoms with E-state index in [1.807, 2.05) is 45.0 Å². The van der Waals surface area contributed by atoms with E-state index in [4.69, 9.17) is 11.6 Å². The van der Waals surface area contributed by atoms with Crippen LogP contribution in [0.3, 0.4) is 0 Å². The molecule has 1 heterocycles. The Kier molecular flexibility index (Phi) is 7.09. The molecule has 0 aliphatic rings. The van der Waals surface area contributed by atoms with Crippen molar-refractivity contribution in [3.63, 3.8) is 0 Å². The second-order valence-corrected chi connectivity index (χ2v) is 6.94. The Bertz CT molecular complexity index is 566. The van der Waals surface area contributed by atoms with Crippen LogP contribution in [0.25, 0.3) is 0 Å². The van der Waals surface area contributed by atoms with Crippen LogP contribution in [0.4, 0.5) is 0 Å².